The third-order valence-corrected chi connectivity index (χ3v) is 16.8. The van der Waals surface area contributed by atoms with Crippen LogP contribution >= 0.6 is 11.6 Å². The van der Waals surface area contributed by atoms with Gasteiger partial charge in [-0.3, -0.25) is 19.5 Å². The van der Waals surface area contributed by atoms with E-state index in [2.05, 4.69) is 37.2 Å². The number of carbonyl (C=O) groups is 2. The van der Waals surface area contributed by atoms with Crippen LogP contribution in [0.1, 0.15) is 37.3 Å². The molecule has 3 aliphatic rings. The molecule has 280 valence electrons. The maximum Gasteiger partial charge on any atom is 0.279 e. The lowest BCUT2D eigenvalue weighted by molar-refractivity contribution is -0.150. The minimum atomic E-state index is -2.50. The maximum atomic E-state index is 15.3. The van der Waals surface area contributed by atoms with Crippen LogP contribution in [0.3, 0.4) is 0 Å². The van der Waals surface area contributed by atoms with E-state index in [9.17, 15) is 14.7 Å². The van der Waals surface area contributed by atoms with E-state index in [1.807, 2.05) is 66.7 Å². The van der Waals surface area contributed by atoms with Crippen molar-refractivity contribution in [2.24, 2.45) is 5.92 Å². The molecule has 2 N–H and O–H groups in total. The number of fused-ring (bicyclic) bond motifs is 3. The molecular formula is C42H45ClN4O6Si. The number of aromatic nitrogens is 2. The number of anilines is 1. The van der Waals surface area contributed by atoms with E-state index in [-0.39, 0.29) is 54.4 Å². The summed E-state index contributed by atoms with van der Waals surface area (Å²) in [6, 6.07) is 28.4. The number of halogens is 1. The van der Waals surface area contributed by atoms with Gasteiger partial charge in [0.25, 0.3) is 11.5 Å². The lowest BCUT2D eigenvalue weighted by Crippen LogP contribution is -2.52. The summed E-state index contributed by atoms with van der Waals surface area (Å²) in [5.74, 6) is 0.171. The normalized spacial score (nSPS) is 23.9. The Bertz CT molecular complexity index is 2310. The fraction of sp³-hybridized carbons (Fsp3) is 0.357. The average molecular weight is 765 g/mol. The van der Waals surface area contributed by atoms with Crippen LogP contribution in [-0.4, -0.2) is 72.1 Å². The van der Waals surface area contributed by atoms with E-state index < -0.39 is 19.8 Å². The Hall–Kier alpha value is -4.68. The van der Waals surface area contributed by atoms with Gasteiger partial charge in [-0.25, -0.2) is 4.68 Å². The van der Waals surface area contributed by atoms with Crippen LogP contribution in [0.25, 0.3) is 16.6 Å². The number of aliphatic hydroxyl groups excluding tert-OH is 1. The minimum absolute atomic E-state index is 0.0667. The molecule has 2 fully saturated rings. The molecule has 8 rings (SSSR count). The Balaban J connectivity index is 1.19. The second kappa shape index (κ2) is 13.9. The zero-order chi connectivity index (χ0) is 37.9. The first-order valence-electron chi connectivity index (χ1n) is 18.6. The molecule has 12 heteroatoms. The molecule has 4 heterocycles. The van der Waals surface area contributed by atoms with Crippen molar-refractivity contribution in [1.29, 1.82) is 0 Å². The molecule has 0 saturated carbocycles. The van der Waals surface area contributed by atoms with Gasteiger partial charge in [0.15, 0.2) is 5.60 Å². The van der Waals surface area contributed by atoms with Crippen LogP contribution in [-0.2, 0) is 26.5 Å². The van der Waals surface area contributed by atoms with E-state index in [1.165, 1.54) is 9.87 Å². The molecule has 10 nitrogen and oxygen atoms in total. The van der Waals surface area contributed by atoms with Gasteiger partial charge < -0.3 is 24.4 Å². The molecule has 1 aromatic heterocycles. The summed E-state index contributed by atoms with van der Waals surface area (Å²) in [4.78, 5) is 46.2. The zero-order valence-corrected chi connectivity index (χ0v) is 32.7. The number of likely N-dealkylation sites (tertiary alicyclic amines) is 1. The van der Waals surface area contributed by atoms with Gasteiger partial charge in [0.2, 0.25) is 5.91 Å². The molecule has 0 bridgehead atoms. The molecule has 0 radical (unpaired) electrons. The van der Waals surface area contributed by atoms with Gasteiger partial charge in [-0.1, -0.05) is 73.2 Å². The topological polar surface area (TPSA) is 117 Å². The molecule has 3 aliphatic heterocycles. The van der Waals surface area contributed by atoms with Gasteiger partial charge in [-0.2, -0.15) is 0 Å². The largest absolute Gasteiger partial charge is 0.497 e. The summed E-state index contributed by atoms with van der Waals surface area (Å²) < 4.78 is 14.2. The number of rotatable bonds is 9. The number of aromatic amines is 1. The van der Waals surface area contributed by atoms with Crippen molar-refractivity contribution in [3.8, 4) is 11.4 Å². The Morgan fingerprint density at radius 1 is 1.04 bits per heavy atom. The standard InChI is InChI=1S/C42H45ClN4O6Si/c1-26-39(54(3,4)32-17-15-31(52-2)16-18-32)37(23-38(49)45-20-8-11-30(45)25-48)53-42(26)34-22-28(43)14-19-36(34)46(41(42)51)24-27-9-7-10-29(21-27)47-40(50)33-12-5-6-13-35(33)44-47/h5-7,9-10,12-19,21-22,26,30,37,39,44,48H,8,11,20,23-25H2,1-4H3/t26-,30+,37+,39-,42+/m1/s1. The summed E-state index contributed by atoms with van der Waals surface area (Å²) in [5.41, 5.74) is 1.95. The number of hydrogen-bond acceptors (Lipinski definition) is 6. The Kier molecular flexibility index (Phi) is 9.32. The maximum absolute atomic E-state index is 15.3. The van der Waals surface area contributed by atoms with Crippen LogP contribution < -0.4 is 20.4 Å². The van der Waals surface area contributed by atoms with E-state index >= 15 is 4.79 Å². The highest BCUT2D eigenvalue weighted by molar-refractivity contribution is 6.91. The van der Waals surface area contributed by atoms with Crippen LogP contribution in [0.2, 0.25) is 23.7 Å². The Labute approximate surface area is 320 Å². The van der Waals surface area contributed by atoms with Crippen molar-refractivity contribution in [3.63, 3.8) is 0 Å². The first-order valence-corrected chi connectivity index (χ1v) is 22.1. The Morgan fingerprint density at radius 3 is 2.56 bits per heavy atom. The van der Waals surface area contributed by atoms with Gasteiger partial charge in [0, 0.05) is 23.0 Å². The van der Waals surface area contributed by atoms with Crippen molar-refractivity contribution in [2.75, 3.05) is 25.2 Å². The van der Waals surface area contributed by atoms with Crippen LogP contribution in [0.4, 0.5) is 5.69 Å². The lowest BCUT2D eigenvalue weighted by Gasteiger charge is -2.37. The van der Waals surface area contributed by atoms with E-state index in [0.717, 1.165) is 29.7 Å². The number of nitrogens with zero attached hydrogens (tertiary/aromatic N) is 3. The first kappa shape index (κ1) is 36.3. The zero-order valence-electron chi connectivity index (χ0n) is 30.9. The molecule has 0 aliphatic carbocycles. The van der Waals surface area contributed by atoms with Gasteiger partial charge >= 0.3 is 0 Å². The summed E-state index contributed by atoms with van der Waals surface area (Å²) >= 11 is 6.71. The van der Waals surface area contributed by atoms with Crippen molar-refractivity contribution in [1.82, 2.24) is 14.7 Å². The van der Waals surface area contributed by atoms with E-state index in [4.69, 9.17) is 21.1 Å². The van der Waals surface area contributed by atoms with Crippen molar-refractivity contribution in [3.05, 3.63) is 117 Å². The molecule has 2 saturated heterocycles. The number of aliphatic hydroxyl groups is 1. The molecule has 5 atom stereocenters. The minimum Gasteiger partial charge on any atom is -0.497 e. The van der Waals surface area contributed by atoms with Gasteiger partial charge in [0.05, 0.1) is 69.2 Å². The SMILES string of the molecule is COc1ccc([Si](C)(C)[C@H]2[C@H](CC(=O)N3CCC[C@H]3CO)O[C@@]3(C(=O)N(Cc4cccc(-n5[nH]c6ccccc6c5=O)c4)c4ccc(Cl)cc43)[C@@H]2C)cc1. The van der Waals surface area contributed by atoms with Gasteiger partial charge in [0.1, 0.15) is 5.75 Å². The number of carbonyl (C=O) groups excluding carboxylic acids is 2. The highest BCUT2D eigenvalue weighted by Crippen LogP contribution is 2.60. The molecular weight excluding hydrogens is 720 g/mol. The molecule has 0 unspecified atom stereocenters. The second-order valence-electron chi connectivity index (χ2n) is 15.4. The number of para-hydroxylation sites is 1. The predicted molar refractivity (Wildman–Crippen MR) is 213 cm³/mol. The third-order valence-electron chi connectivity index (χ3n) is 12.2. The van der Waals surface area contributed by atoms with Crippen molar-refractivity contribution >= 4 is 53.3 Å². The second-order valence-corrected chi connectivity index (χ2v) is 20.6. The van der Waals surface area contributed by atoms with Crippen LogP contribution in [0.15, 0.2) is 95.8 Å². The van der Waals surface area contributed by atoms with Crippen LogP contribution in [0, 0.1) is 5.92 Å². The molecule has 54 heavy (non-hydrogen) atoms. The number of ether oxygens (including phenoxy) is 2. The van der Waals surface area contributed by atoms with Crippen molar-refractivity contribution < 1.29 is 24.2 Å². The number of hydrogen-bond donors (Lipinski definition) is 2. The molecule has 2 amide bonds. The average Bonchev–Trinajstić information content (AvgIpc) is 3.92. The smallest absolute Gasteiger partial charge is 0.279 e. The number of methoxy groups -OCH3 is 1. The van der Waals surface area contributed by atoms with Gasteiger partial charge in [-0.05, 0) is 78.5 Å². The number of H-pyrrole nitrogens is 1. The number of benzene rings is 4. The number of amides is 2. The monoisotopic (exact) mass is 764 g/mol. The number of nitrogens with one attached hydrogen (secondary N) is 1. The van der Waals surface area contributed by atoms with Crippen molar-refractivity contribution in [2.45, 2.75) is 69.1 Å². The summed E-state index contributed by atoms with van der Waals surface area (Å²) in [7, 11) is -0.854. The molecule has 5 aromatic rings. The summed E-state index contributed by atoms with van der Waals surface area (Å²) in [6.45, 7) is 7.41. The predicted octanol–water partition coefficient (Wildman–Crippen LogP) is 6.12. The lowest BCUT2D eigenvalue weighted by atomic mass is 9.82. The van der Waals surface area contributed by atoms with Crippen LogP contribution in [0.5, 0.6) is 5.75 Å². The summed E-state index contributed by atoms with van der Waals surface area (Å²) in [5, 5.41) is 15.5. The highest BCUT2D eigenvalue weighted by Gasteiger charge is 2.66. The third kappa shape index (κ3) is 5.80. The molecule has 1 spiro atoms. The molecule has 4 aromatic carbocycles. The fourth-order valence-electron chi connectivity index (χ4n) is 9.50. The van der Waals surface area contributed by atoms with E-state index in [1.54, 1.807) is 29.0 Å². The quantitative estimate of drug-likeness (QED) is 0.175. The Morgan fingerprint density at radius 2 is 1.81 bits per heavy atom. The fourth-order valence-corrected chi connectivity index (χ4v) is 13.7. The van der Waals surface area contributed by atoms with E-state index in [0.29, 0.717) is 33.9 Å². The highest BCUT2D eigenvalue weighted by atomic mass is 35.5. The summed E-state index contributed by atoms with van der Waals surface area (Å²) in [6.07, 6.45) is 1.14. The van der Waals surface area contributed by atoms with Gasteiger partial charge in [-0.15, -0.1) is 0 Å². The first-order chi connectivity index (χ1) is 26.0.